The summed E-state index contributed by atoms with van der Waals surface area (Å²) in [5.74, 6) is 0.0210. The van der Waals surface area contributed by atoms with Gasteiger partial charge in [0.05, 0.1) is 6.54 Å². The van der Waals surface area contributed by atoms with Crippen LogP contribution < -0.4 is 10.2 Å². The van der Waals surface area contributed by atoms with E-state index in [0.29, 0.717) is 6.54 Å². The molecule has 0 unspecified atom stereocenters. The number of nitrogens with one attached hydrogen (secondary N) is 1. The number of nitrogens with zero attached hydrogens (tertiary/aromatic N) is 1. The van der Waals surface area contributed by atoms with Crippen molar-refractivity contribution in [3.8, 4) is 0 Å². The van der Waals surface area contributed by atoms with E-state index in [-0.39, 0.29) is 12.5 Å². The molecule has 0 aliphatic carbocycles. The maximum Gasteiger partial charge on any atom is 0.245 e. The zero-order valence-corrected chi connectivity index (χ0v) is 15.3. The summed E-state index contributed by atoms with van der Waals surface area (Å²) < 4.78 is 0. The van der Waals surface area contributed by atoms with Crippen LogP contribution in [0.2, 0.25) is 0 Å². The van der Waals surface area contributed by atoms with Crippen molar-refractivity contribution in [2.75, 3.05) is 11.4 Å². The highest BCUT2D eigenvalue weighted by Gasteiger charge is 2.17. The number of hydrogen-bond donors (Lipinski definition) is 1. The lowest BCUT2D eigenvalue weighted by Gasteiger charge is -2.23. The number of anilines is 2. The van der Waals surface area contributed by atoms with E-state index < -0.39 is 0 Å². The molecule has 0 aromatic heterocycles. The van der Waals surface area contributed by atoms with Gasteiger partial charge in [-0.3, -0.25) is 9.69 Å². The van der Waals surface area contributed by atoms with Crippen molar-refractivity contribution in [3.05, 3.63) is 95.6 Å². The lowest BCUT2D eigenvalue weighted by molar-refractivity contribution is -0.117. The summed E-state index contributed by atoms with van der Waals surface area (Å²) in [6.07, 6.45) is 0. The van der Waals surface area contributed by atoms with Gasteiger partial charge in [0.2, 0.25) is 5.91 Å². The van der Waals surface area contributed by atoms with Crippen LogP contribution in [0.1, 0.15) is 16.7 Å². The molecule has 0 atom stereocenters. The summed E-state index contributed by atoms with van der Waals surface area (Å²) in [5.41, 5.74) is 5.51. The van der Waals surface area contributed by atoms with Gasteiger partial charge in [0, 0.05) is 17.9 Å². The van der Waals surface area contributed by atoms with Gasteiger partial charge in [0.25, 0.3) is 0 Å². The fourth-order valence-corrected chi connectivity index (χ4v) is 2.98. The van der Waals surface area contributed by atoms with Crippen LogP contribution in [0.4, 0.5) is 11.4 Å². The van der Waals surface area contributed by atoms with E-state index in [1.807, 2.05) is 60.7 Å². The largest absolute Gasteiger partial charge is 0.304 e. The molecule has 26 heavy (non-hydrogen) atoms. The van der Waals surface area contributed by atoms with Gasteiger partial charge < -0.3 is 5.32 Å². The van der Waals surface area contributed by atoms with Gasteiger partial charge in [-0.25, -0.2) is 0 Å². The van der Waals surface area contributed by atoms with Crippen LogP contribution in [0.15, 0.2) is 78.9 Å². The van der Waals surface area contributed by atoms with E-state index in [1.54, 1.807) is 4.90 Å². The first-order valence-electron chi connectivity index (χ1n) is 8.85. The molecule has 3 aromatic rings. The van der Waals surface area contributed by atoms with Crippen LogP contribution in [0.5, 0.6) is 0 Å². The quantitative estimate of drug-likeness (QED) is 0.699. The second kappa shape index (κ2) is 8.45. The molecule has 1 amide bonds. The van der Waals surface area contributed by atoms with Gasteiger partial charge >= 0.3 is 0 Å². The van der Waals surface area contributed by atoms with E-state index in [9.17, 15) is 4.79 Å². The first kappa shape index (κ1) is 17.9. The zero-order valence-electron chi connectivity index (χ0n) is 15.3. The molecule has 1 N–H and O–H groups in total. The Hall–Kier alpha value is -2.91. The van der Waals surface area contributed by atoms with Crippen LogP contribution in [0.3, 0.4) is 0 Å². The Labute approximate surface area is 155 Å². The summed E-state index contributed by atoms with van der Waals surface area (Å²) in [6, 6.07) is 25.8. The smallest absolute Gasteiger partial charge is 0.245 e. The molecule has 0 saturated carbocycles. The molecular formula is C23H24N2O. The third-order valence-corrected chi connectivity index (χ3v) is 4.59. The van der Waals surface area contributed by atoms with Crippen molar-refractivity contribution in [3.63, 3.8) is 0 Å². The average Bonchev–Trinajstić information content (AvgIpc) is 2.67. The molecule has 0 aliphatic rings. The fraction of sp³-hybridized carbons (Fsp3) is 0.174. The van der Waals surface area contributed by atoms with Gasteiger partial charge in [-0.1, -0.05) is 54.6 Å². The standard InChI is InChI=1S/C23H24N2O/c1-18-10-9-11-20(19(18)2)16-24-17-23(26)25(21-12-5-3-6-13-21)22-14-7-4-8-15-22/h3-15,24H,16-17H2,1-2H3. The van der Waals surface area contributed by atoms with Gasteiger partial charge in [0.15, 0.2) is 0 Å². The maximum atomic E-state index is 12.9. The molecule has 132 valence electrons. The number of para-hydroxylation sites is 2. The Balaban J connectivity index is 1.73. The lowest BCUT2D eigenvalue weighted by Crippen LogP contribution is -2.35. The van der Waals surface area contributed by atoms with Gasteiger partial charge in [-0.15, -0.1) is 0 Å². The Morgan fingerprint density at radius 1 is 0.808 bits per heavy atom. The predicted octanol–water partition coefficient (Wildman–Crippen LogP) is 4.76. The predicted molar refractivity (Wildman–Crippen MR) is 108 cm³/mol. The summed E-state index contributed by atoms with van der Waals surface area (Å²) in [7, 11) is 0. The Morgan fingerprint density at radius 2 is 1.38 bits per heavy atom. The van der Waals surface area contributed by atoms with E-state index in [1.165, 1.54) is 16.7 Å². The monoisotopic (exact) mass is 344 g/mol. The zero-order chi connectivity index (χ0) is 18.4. The van der Waals surface area contributed by atoms with E-state index >= 15 is 0 Å². The van der Waals surface area contributed by atoms with Crippen LogP contribution in [0.25, 0.3) is 0 Å². The highest BCUT2D eigenvalue weighted by molar-refractivity contribution is 6.01. The van der Waals surface area contributed by atoms with Gasteiger partial charge in [0.1, 0.15) is 0 Å². The number of benzene rings is 3. The molecule has 3 rings (SSSR count). The molecule has 0 bridgehead atoms. The second-order valence-electron chi connectivity index (χ2n) is 6.36. The Morgan fingerprint density at radius 3 is 1.96 bits per heavy atom. The first-order chi connectivity index (χ1) is 12.7. The average molecular weight is 344 g/mol. The summed E-state index contributed by atoms with van der Waals surface area (Å²) >= 11 is 0. The number of amides is 1. The topological polar surface area (TPSA) is 32.3 Å². The molecule has 3 nitrogen and oxygen atoms in total. The molecule has 0 radical (unpaired) electrons. The van der Waals surface area contributed by atoms with Crippen LogP contribution in [0, 0.1) is 13.8 Å². The Bertz CT molecular complexity index is 820. The lowest BCUT2D eigenvalue weighted by atomic mass is 10.0. The van der Waals surface area contributed by atoms with Crippen LogP contribution in [-0.4, -0.2) is 12.5 Å². The molecule has 0 heterocycles. The van der Waals surface area contributed by atoms with E-state index in [4.69, 9.17) is 0 Å². The number of carbonyl (C=O) groups is 1. The van der Waals surface area contributed by atoms with E-state index in [0.717, 1.165) is 11.4 Å². The van der Waals surface area contributed by atoms with Crippen molar-refractivity contribution in [2.45, 2.75) is 20.4 Å². The minimum atomic E-state index is 0.0210. The number of aryl methyl sites for hydroxylation is 1. The molecule has 0 spiro atoms. The molecule has 0 aliphatic heterocycles. The highest BCUT2D eigenvalue weighted by atomic mass is 16.2. The molecule has 3 aromatic carbocycles. The van der Waals surface area contributed by atoms with Crippen LogP contribution >= 0.6 is 0 Å². The van der Waals surface area contributed by atoms with Crippen molar-refractivity contribution in [1.82, 2.24) is 5.32 Å². The summed E-state index contributed by atoms with van der Waals surface area (Å²) in [6.45, 7) is 5.18. The molecular weight excluding hydrogens is 320 g/mol. The first-order valence-corrected chi connectivity index (χ1v) is 8.85. The fourth-order valence-electron chi connectivity index (χ4n) is 2.98. The summed E-state index contributed by atoms with van der Waals surface area (Å²) in [4.78, 5) is 14.7. The highest BCUT2D eigenvalue weighted by Crippen LogP contribution is 2.24. The van der Waals surface area contributed by atoms with Crippen LogP contribution in [-0.2, 0) is 11.3 Å². The number of hydrogen-bond acceptors (Lipinski definition) is 2. The molecule has 3 heteroatoms. The SMILES string of the molecule is Cc1cccc(CNCC(=O)N(c2ccccc2)c2ccccc2)c1C. The van der Waals surface area contributed by atoms with Gasteiger partial charge in [-0.05, 0) is 54.8 Å². The van der Waals surface area contributed by atoms with Crippen molar-refractivity contribution in [2.24, 2.45) is 0 Å². The van der Waals surface area contributed by atoms with Crippen molar-refractivity contribution in [1.29, 1.82) is 0 Å². The Kier molecular flexibility index (Phi) is 5.82. The van der Waals surface area contributed by atoms with Crippen molar-refractivity contribution >= 4 is 17.3 Å². The minimum Gasteiger partial charge on any atom is -0.304 e. The third-order valence-electron chi connectivity index (χ3n) is 4.59. The maximum absolute atomic E-state index is 12.9. The minimum absolute atomic E-state index is 0.0210. The third kappa shape index (κ3) is 4.19. The molecule has 0 saturated heterocycles. The number of rotatable bonds is 6. The summed E-state index contributed by atoms with van der Waals surface area (Å²) in [5, 5.41) is 3.30. The number of carbonyl (C=O) groups excluding carboxylic acids is 1. The second-order valence-corrected chi connectivity index (χ2v) is 6.36. The van der Waals surface area contributed by atoms with E-state index in [2.05, 4.69) is 37.4 Å². The van der Waals surface area contributed by atoms with Crippen molar-refractivity contribution < 1.29 is 4.79 Å². The van der Waals surface area contributed by atoms with Gasteiger partial charge in [-0.2, -0.15) is 0 Å². The molecule has 0 fully saturated rings. The normalized spacial score (nSPS) is 10.5.